The van der Waals surface area contributed by atoms with Crippen LogP contribution in [-0.4, -0.2) is 56.3 Å². The highest BCUT2D eigenvalue weighted by molar-refractivity contribution is 7.22. The summed E-state index contributed by atoms with van der Waals surface area (Å²) in [4.78, 5) is 26.0. The molecular formula is C42H35ClN8O4S2. The van der Waals surface area contributed by atoms with Gasteiger partial charge in [-0.1, -0.05) is 70.7 Å². The molecule has 0 radical (unpaired) electrons. The first-order chi connectivity index (χ1) is 28.1. The van der Waals surface area contributed by atoms with Gasteiger partial charge < -0.3 is 29.6 Å². The zero-order chi connectivity index (χ0) is 38.7. The molecule has 12 nitrogen and oxygen atoms in total. The third-order valence-electron chi connectivity index (χ3n) is 8.45. The highest BCUT2D eigenvalue weighted by Crippen LogP contribution is 2.34. The van der Waals surface area contributed by atoms with Gasteiger partial charge in [0.15, 0.2) is 15.4 Å². The third kappa shape index (κ3) is 10.2. The van der Waals surface area contributed by atoms with Crippen molar-refractivity contribution >= 4 is 76.3 Å². The SMILES string of the molecule is C1=CCOC1.Clc1nccnc1Oc1ccc(Nc2nc3ccccc3s2)cc1.c1ccc2sc(Nc3ccc(Oc4nccnc4C4CCOC4)cc3)nc2c1. The molecule has 0 saturated carbocycles. The lowest BCUT2D eigenvalue weighted by Crippen LogP contribution is -2.04. The Kier molecular flexibility index (Phi) is 12.4. The number of nitrogens with zero attached hydrogens (tertiary/aromatic N) is 6. The smallest absolute Gasteiger partial charge is 0.257 e. The number of thiazole rings is 2. The maximum absolute atomic E-state index is 6.01. The Balaban J connectivity index is 0.000000143. The monoisotopic (exact) mass is 814 g/mol. The summed E-state index contributed by atoms with van der Waals surface area (Å²) in [6.45, 7) is 3.06. The van der Waals surface area contributed by atoms with Gasteiger partial charge in [0.1, 0.15) is 17.2 Å². The molecule has 10 rings (SSSR count). The van der Waals surface area contributed by atoms with E-state index in [1.54, 1.807) is 35.1 Å². The topological polar surface area (TPSA) is 138 Å². The molecular weight excluding hydrogens is 780 g/mol. The van der Waals surface area contributed by atoms with E-state index in [0.29, 0.717) is 18.2 Å². The predicted octanol–water partition coefficient (Wildman–Crippen LogP) is 11.0. The number of hydrogen-bond donors (Lipinski definition) is 2. The Labute approximate surface area is 341 Å². The second-order valence-electron chi connectivity index (χ2n) is 12.4. The van der Waals surface area contributed by atoms with Crippen LogP contribution in [0.4, 0.5) is 21.6 Å². The summed E-state index contributed by atoms with van der Waals surface area (Å²) in [6.07, 6.45) is 11.4. The number of rotatable bonds is 9. The van der Waals surface area contributed by atoms with E-state index in [1.807, 2.05) is 97.1 Å². The maximum Gasteiger partial charge on any atom is 0.257 e. The number of benzene rings is 4. The molecule has 4 aromatic heterocycles. The molecule has 8 aromatic rings. The van der Waals surface area contributed by atoms with Crippen molar-refractivity contribution < 1.29 is 18.9 Å². The Morgan fingerprint density at radius 2 is 1.12 bits per heavy atom. The van der Waals surface area contributed by atoms with Crippen LogP contribution in [0.25, 0.3) is 20.4 Å². The van der Waals surface area contributed by atoms with Gasteiger partial charge in [-0.15, -0.1) is 0 Å². The number of anilines is 4. The largest absolute Gasteiger partial charge is 0.437 e. The number of ether oxygens (including phenoxy) is 4. The van der Waals surface area contributed by atoms with Gasteiger partial charge in [-0.25, -0.2) is 24.9 Å². The number of fused-ring (bicyclic) bond motifs is 2. The molecule has 15 heteroatoms. The lowest BCUT2D eigenvalue weighted by molar-refractivity contribution is 0.193. The molecule has 1 unspecified atom stereocenters. The van der Waals surface area contributed by atoms with Gasteiger partial charge in [0, 0.05) is 48.7 Å². The van der Waals surface area contributed by atoms with Crippen LogP contribution in [0.1, 0.15) is 18.0 Å². The molecule has 2 aliphatic rings. The molecule has 286 valence electrons. The van der Waals surface area contributed by atoms with E-state index in [2.05, 4.69) is 52.7 Å². The average Bonchev–Trinajstić information content (AvgIpc) is 4.10. The molecule has 0 spiro atoms. The van der Waals surface area contributed by atoms with Crippen LogP contribution in [0.2, 0.25) is 5.15 Å². The molecule has 2 N–H and O–H groups in total. The summed E-state index contributed by atoms with van der Waals surface area (Å²) in [7, 11) is 0. The van der Waals surface area contributed by atoms with E-state index in [4.69, 9.17) is 30.5 Å². The minimum absolute atomic E-state index is 0.231. The van der Waals surface area contributed by atoms with Crippen LogP contribution in [0.15, 0.2) is 134 Å². The van der Waals surface area contributed by atoms with E-state index >= 15 is 0 Å². The summed E-state index contributed by atoms with van der Waals surface area (Å²) in [5.74, 6) is 2.42. The van der Waals surface area contributed by atoms with E-state index in [0.717, 1.165) is 79.8 Å². The van der Waals surface area contributed by atoms with Crippen molar-refractivity contribution in [2.45, 2.75) is 12.3 Å². The normalized spacial score (nSPS) is 14.4. The third-order valence-corrected chi connectivity index (χ3v) is 10.6. The molecule has 1 atom stereocenters. The standard InChI is InChI=1S/C21H18N4O2S.C17H11ClN4OS.C4H6O/c1-2-4-18-17(3-1)25-21(28-18)24-15-5-7-16(8-6-15)27-20-19(22-10-11-23-20)14-9-12-26-13-14;18-15-16(20-10-9-19-15)23-12-7-5-11(6-8-12)21-17-22-13-3-1-2-4-14(13)24-17;1-2-4-5-3-1/h1-8,10-11,14H,9,12-13H2,(H,24,25);1-10H,(H,21,22);1-2H,3-4H2. The van der Waals surface area contributed by atoms with Gasteiger partial charge in [-0.05, 0) is 79.2 Å². The Bertz CT molecular complexity index is 2490. The van der Waals surface area contributed by atoms with E-state index in [9.17, 15) is 0 Å². The van der Waals surface area contributed by atoms with Crippen LogP contribution < -0.4 is 20.1 Å². The van der Waals surface area contributed by atoms with E-state index in [1.165, 1.54) is 12.4 Å². The highest BCUT2D eigenvalue weighted by Gasteiger charge is 2.24. The maximum atomic E-state index is 6.01. The second-order valence-corrected chi connectivity index (χ2v) is 14.9. The molecule has 4 aromatic carbocycles. The molecule has 0 amide bonds. The summed E-state index contributed by atoms with van der Waals surface area (Å²) < 4.78 is 24.2. The summed E-state index contributed by atoms with van der Waals surface area (Å²) in [6, 6.07) is 31.4. The Morgan fingerprint density at radius 1 is 0.596 bits per heavy atom. The van der Waals surface area contributed by atoms with Crippen molar-refractivity contribution in [1.82, 2.24) is 29.9 Å². The highest BCUT2D eigenvalue weighted by atomic mass is 35.5. The van der Waals surface area contributed by atoms with Gasteiger partial charge in [-0.3, -0.25) is 4.98 Å². The van der Waals surface area contributed by atoms with Crippen molar-refractivity contribution in [3.63, 3.8) is 0 Å². The van der Waals surface area contributed by atoms with E-state index < -0.39 is 0 Å². The molecule has 2 aliphatic heterocycles. The Morgan fingerprint density at radius 3 is 1.63 bits per heavy atom. The lowest BCUT2D eigenvalue weighted by atomic mass is 10.1. The second kappa shape index (κ2) is 18.7. The van der Waals surface area contributed by atoms with Gasteiger partial charge in [0.2, 0.25) is 5.88 Å². The van der Waals surface area contributed by atoms with Crippen molar-refractivity contribution in [3.05, 3.63) is 145 Å². The fourth-order valence-electron chi connectivity index (χ4n) is 5.70. The average molecular weight is 815 g/mol. The zero-order valence-electron chi connectivity index (χ0n) is 30.3. The molecule has 6 heterocycles. The van der Waals surface area contributed by atoms with Crippen LogP contribution in [-0.2, 0) is 9.47 Å². The number of nitrogens with one attached hydrogen (secondary N) is 2. The summed E-state index contributed by atoms with van der Waals surface area (Å²) in [5, 5.41) is 8.59. The number of aromatic nitrogens is 6. The van der Waals surface area contributed by atoms with Gasteiger partial charge in [-0.2, -0.15) is 0 Å². The van der Waals surface area contributed by atoms with Crippen LogP contribution >= 0.6 is 34.3 Å². The van der Waals surface area contributed by atoms with Gasteiger partial charge in [0.25, 0.3) is 5.88 Å². The van der Waals surface area contributed by atoms with Crippen LogP contribution in [0.3, 0.4) is 0 Å². The fraction of sp³-hybridized carbons (Fsp3) is 0.143. The predicted molar refractivity (Wildman–Crippen MR) is 226 cm³/mol. The van der Waals surface area contributed by atoms with Crippen molar-refractivity contribution in [1.29, 1.82) is 0 Å². The zero-order valence-corrected chi connectivity index (χ0v) is 32.7. The lowest BCUT2D eigenvalue weighted by Gasteiger charge is -2.12. The first-order valence-electron chi connectivity index (χ1n) is 18.0. The Hall–Kier alpha value is -6.03. The fourth-order valence-corrected chi connectivity index (χ4v) is 7.61. The molecule has 1 saturated heterocycles. The van der Waals surface area contributed by atoms with Crippen LogP contribution in [0.5, 0.6) is 23.3 Å². The van der Waals surface area contributed by atoms with Gasteiger partial charge in [0.05, 0.1) is 40.3 Å². The molecule has 0 bridgehead atoms. The first kappa shape index (κ1) is 37.9. The molecule has 0 aliphatic carbocycles. The van der Waals surface area contributed by atoms with Crippen molar-refractivity contribution in [3.8, 4) is 23.3 Å². The summed E-state index contributed by atoms with van der Waals surface area (Å²) >= 11 is 9.18. The first-order valence-corrected chi connectivity index (χ1v) is 20.0. The van der Waals surface area contributed by atoms with Crippen molar-refractivity contribution in [2.24, 2.45) is 0 Å². The molecule has 1 fully saturated rings. The van der Waals surface area contributed by atoms with Crippen molar-refractivity contribution in [2.75, 3.05) is 37.1 Å². The quantitative estimate of drug-likeness (QED) is 0.134. The van der Waals surface area contributed by atoms with E-state index in [-0.39, 0.29) is 17.0 Å². The minimum Gasteiger partial charge on any atom is -0.437 e. The summed E-state index contributed by atoms with van der Waals surface area (Å²) in [5.41, 5.74) is 4.72. The minimum atomic E-state index is 0.231. The van der Waals surface area contributed by atoms with Gasteiger partial charge >= 0.3 is 0 Å². The van der Waals surface area contributed by atoms with Crippen LogP contribution in [0, 0.1) is 0 Å². The number of hydrogen-bond acceptors (Lipinski definition) is 14. The number of halogens is 1. The molecule has 57 heavy (non-hydrogen) atoms. The number of para-hydroxylation sites is 2.